The number of aromatic nitrogens is 1. The molecule has 144 valence electrons. The van der Waals surface area contributed by atoms with E-state index < -0.39 is 5.97 Å². The number of carbonyl (C=O) groups excluding carboxylic acids is 1. The number of rotatable bonds is 5. The first-order valence-electron chi connectivity index (χ1n) is 8.95. The molecule has 0 atom stereocenters. The first kappa shape index (κ1) is 23.6. The fourth-order valence-electron chi connectivity index (χ4n) is 2.77. The van der Waals surface area contributed by atoms with E-state index in [1.54, 1.807) is 12.1 Å². The van der Waals surface area contributed by atoms with Crippen LogP contribution in [0.1, 0.15) is 31.3 Å². The van der Waals surface area contributed by atoms with Gasteiger partial charge in [0.25, 0.3) is 0 Å². The number of hydrogen-bond acceptors (Lipinski definition) is 4. The van der Waals surface area contributed by atoms with E-state index in [1.165, 1.54) is 6.07 Å². The first-order chi connectivity index (χ1) is 13.2. The van der Waals surface area contributed by atoms with E-state index in [-0.39, 0.29) is 40.7 Å². The van der Waals surface area contributed by atoms with Crippen molar-refractivity contribution < 1.29 is 44.2 Å². The van der Waals surface area contributed by atoms with Gasteiger partial charge in [-0.15, -0.1) is 0 Å². The quantitative estimate of drug-likeness (QED) is 0.545. The van der Waals surface area contributed by atoms with E-state index in [1.807, 2.05) is 42.5 Å². The van der Waals surface area contributed by atoms with E-state index in [9.17, 15) is 9.90 Å². The van der Waals surface area contributed by atoms with Gasteiger partial charge >= 0.3 is 29.6 Å². The molecule has 3 rings (SSSR count). The zero-order valence-corrected chi connectivity index (χ0v) is 20.6. The van der Waals surface area contributed by atoms with Gasteiger partial charge in [-0.25, -0.2) is 4.98 Å². The third-order valence-corrected chi connectivity index (χ3v) is 4.55. The molecule has 0 unspecified atom stereocenters. The van der Waals surface area contributed by atoms with Crippen LogP contribution in [0.4, 0.5) is 0 Å². The summed E-state index contributed by atoms with van der Waals surface area (Å²) in [5.74, 6) is -0.530. The van der Waals surface area contributed by atoms with E-state index in [0.717, 1.165) is 26.9 Å². The summed E-state index contributed by atoms with van der Waals surface area (Å²) in [5, 5.41) is 11.2. The Kier molecular flexibility index (Phi) is 8.06. The summed E-state index contributed by atoms with van der Waals surface area (Å²) in [7, 11) is 0. The molecule has 3 aromatic rings. The van der Waals surface area contributed by atoms with Crippen LogP contribution in [0.25, 0.3) is 22.4 Å². The molecule has 6 heteroatoms. The molecule has 4 nitrogen and oxygen atoms in total. The second-order valence-electron chi connectivity index (χ2n) is 7.73. The monoisotopic (exact) mass is 461 g/mol. The maximum atomic E-state index is 11.2. The Labute approximate surface area is 201 Å². The third-order valence-electron chi connectivity index (χ3n) is 4.05. The van der Waals surface area contributed by atoms with Crippen molar-refractivity contribution in [2.45, 2.75) is 20.8 Å². The number of carbonyl (C=O) groups is 1. The van der Waals surface area contributed by atoms with Crippen LogP contribution in [-0.4, -0.2) is 17.6 Å². The van der Waals surface area contributed by atoms with Crippen molar-refractivity contribution in [2.75, 3.05) is 6.61 Å². The van der Waals surface area contributed by atoms with Gasteiger partial charge in [0, 0.05) is 15.6 Å². The van der Waals surface area contributed by atoms with Crippen molar-refractivity contribution in [3.63, 3.8) is 0 Å². The van der Waals surface area contributed by atoms with Crippen LogP contribution in [0.15, 0.2) is 65.1 Å². The molecular weight excluding hydrogens is 441 g/mol. The van der Waals surface area contributed by atoms with Crippen molar-refractivity contribution >= 4 is 21.9 Å². The Morgan fingerprint density at radius 2 is 1.69 bits per heavy atom. The first-order valence-corrected chi connectivity index (χ1v) is 9.74. The summed E-state index contributed by atoms with van der Waals surface area (Å²) in [6.45, 7) is 6.93. The van der Waals surface area contributed by atoms with Gasteiger partial charge in [0.2, 0.25) is 0 Å². The topological polar surface area (TPSA) is 62.2 Å². The van der Waals surface area contributed by atoms with E-state index in [4.69, 9.17) is 4.74 Å². The smallest absolute Gasteiger partial charge is 0.543 e. The van der Waals surface area contributed by atoms with Gasteiger partial charge < -0.3 is 14.6 Å². The Hall–Kier alpha value is -1.66. The predicted octanol–water partition coefficient (Wildman–Crippen LogP) is 1.97. The van der Waals surface area contributed by atoms with Crippen molar-refractivity contribution in [1.82, 2.24) is 4.98 Å². The normalized spacial score (nSPS) is 10.9. The van der Waals surface area contributed by atoms with Gasteiger partial charge in [-0.2, -0.15) is 0 Å². The number of ether oxygens (including phenoxy) is 1. The van der Waals surface area contributed by atoms with Gasteiger partial charge in [-0.3, -0.25) is 0 Å². The van der Waals surface area contributed by atoms with Crippen LogP contribution in [0.2, 0.25) is 0 Å². The number of pyridine rings is 1. The number of aromatic carboxylic acids is 1. The standard InChI is InChI=1S/C23H22BrNO3.Na/c1-23(2,3)14-28-21-12-11-15(24)13-18(21)16-7-4-5-8-17(16)19-9-6-10-20(25-19)22(26)27;/h4-13H,14H2,1-3H3,(H,26,27);/q;+1/p-1. The molecule has 0 spiro atoms. The Morgan fingerprint density at radius 3 is 2.34 bits per heavy atom. The van der Waals surface area contributed by atoms with Crippen LogP contribution < -0.4 is 39.4 Å². The number of hydrogen-bond donors (Lipinski definition) is 0. The van der Waals surface area contributed by atoms with Crippen LogP contribution in [0.3, 0.4) is 0 Å². The van der Waals surface area contributed by atoms with Crippen molar-refractivity contribution in [1.29, 1.82) is 0 Å². The van der Waals surface area contributed by atoms with E-state index in [0.29, 0.717) is 12.3 Å². The molecule has 0 radical (unpaired) electrons. The molecule has 0 aliphatic heterocycles. The maximum absolute atomic E-state index is 11.2. The van der Waals surface area contributed by atoms with Crippen LogP contribution in [0.5, 0.6) is 5.75 Å². The second kappa shape index (κ2) is 9.90. The van der Waals surface area contributed by atoms with E-state index >= 15 is 0 Å². The summed E-state index contributed by atoms with van der Waals surface area (Å²) >= 11 is 3.54. The summed E-state index contributed by atoms with van der Waals surface area (Å²) in [6, 6.07) is 18.5. The number of nitrogens with zero attached hydrogens (tertiary/aromatic N) is 1. The molecule has 1 heterocycles. The maximum Gasteiger partial charge on any atom is 1.00 e. The molecular formula is C23H21BrNNaO3. The molecule has 0 bridgehead atoms. The molecule has 29 heavy (non-hydrogen) atoms. The Morgan fingerprint density at radius 1 is 1.00 bits per heavy atom. The largest absolute Gasteiger partial charge is 1.00 e. The average Bonchev–Trinajstić information content (AvgIpc) is 2.66. The molecule has 2 aromatic carbocycles. The van der Waals surface area contributed by atoms with Crippen LogP contribution >= 0.6 is 15.9 Å². The second-order valence-corrected chi connectivity index (χ2v) is 8.65. The van der Waals surface area contributed by atoms with Gasteiger partial charge in [0.05, 0.1) is 24.0 Å². The summed E-state index contributed by atoms with van der Waals surface area (Å²) in [6.07, 6.45) is 0. The average molecular weight is 462 g/mol. The van der Waals surface area contributed by atoms with Crippen molar-refractivity contribution in [3.05, 3.63) is 70.8 Å². The zero-order valence-electron chi connectivity index (χ0n) is 17.0. The minimum Gasteiger partial charge on any atom is -0.543 e. The van der Waals surface area contributed by atoms with Gasteiger partial charge in [-0.05, 0) is 41.3 Å². The van der Waals surface area contributed by atoms with Gasteiger partial charge in [-0.1, -0.05) is 67.0 Å². The van der Waals surface area contributed by atoms with Crippen LogP contribution in [-0.2, 0) is 0 Å². The fourth-order valence-corrected chi connectivity index (χ4v) is 3.13. The van der Waals surface area contributed by atoms with Crippen LogP contribution in [0, 0.1) is 5.41 Å². The molecule has 0 saturated heterocycles. The number of benzene rings is 2. The third kappa shape index (κ3) is 6.16. The Balaban J connectivity index is 0.00000300. The summed E-state index contributed by atoms with van der Waals surface area (Å²) in [4.78, 5) is 15.5. The van der Waals surface area contributed by atoms with Gasteiger partial charge in [0.15, 0.2) is 0 Å². The predicted molar refractivity (Wildman–Crippen MR) is 112 cm³/mol. The summed E-state index contributed by atoms with van der Waals surface area (Å²) < 4.78 is 7.05. The molecule has 0 aliphatic rings. The fraction of sp³-hybridized carbons (Fsp3) is 0.217. The number of halogens is 1. The molecule has 1 aromatic heterocycles. The molecule has 0 saturated carbocycles. The number of carboxylic acid groups (broad SMARTS) is 1. The molecule has 0 N–H and O–H groups in total. The van der Waals surface area contributed by atoms with E-state index in [2.05, 4.69) is 41.7 Å². The minimum atomic E-state index is -1.30. The molecule has 0 amide bonds. The summed E-state index contributed by atoms with van der Waals surface area (Å²) in [5.41, 5.74) is 3.15. The molecule has 0 aliphatic carbocycles. The van der Waals surface area contributed by atoms with Crippen molar-refractivity contribution in [3.8, 4) is 28.1 Å². The SMILES string of the molecule is CC(C)(C)COc1ccc(Br)cc1-c1ccccc1-c1cccc(C(=O)[O-])n1.[Na+]. The molecule has 0 fully saturated rings. The zero-order chi connectivity index (χ0) is 20.3. The van der Waals surface area contributed by atoms with Gasteiger partial charge in [0.1, 0.15) is 5.75 Å². The minimum absolute atomic E-state index is 0. The number of carboxylic acids is 1. The van der Waals surface area contributed by atoms with Crippen molar-refractivity contribution in [2.24, 2.45) is 5.41 Å². The Bertz CT molecular complexity index is 1010.